The van der Waals surface area contributed by atoms with Crippen LogP contribution in [0.25, 0.3) is 0 Å². The van der Waals surface area contributed by atoms with Crippen molar-refractivity contribution in [2.45, 2.75) is 81.1 Å². The Morgan fingerprint density at radius 3 is 2.64 bits per heavy atom. The van der Waals surface area contributed by atoms with E-state index in [0.717, 1.165) is 31.4 Å². The van der Waals surface area contributed by atoms with Gasteiger partial charge in [0.15, 0.2) is 0 Å². The second-order valence-electron chi connectivity index (χ2n) is 12.7. The number of rotatable bonds is 5. The van der Waals surface area contributed by atoms with Crippen molar-refractivity contribution in [3.05, 3.63) is 59.2 Å². The van der Waals surface area contributed by atoms with Crippen LogP contribution in [0.15, 0.2) is 58.7 Å². The number of carbonyl (C=O) groups excluding carboxylic acids is 4. The summed E-state index contributed by atoms with van der Waals surface area (Å²) in [6, 6.07) is 5.92. The van der Waals surface area contributed by atoms with Crippen molar-refractivity contribution >= 4 is 48.6 Å². The molecule has 10 nitrogen and oxygen atoms in total. The second kappa shape index (κ2) is 11.4. The van der Waals surface area contributed by atoms with Crippen LogP contribution in [0.1, 0.15) is 50.5 Å². The number of hydrogen-bond acceptors (Lipinski definition) is 6. The Hall–Kier alpha value is -3.60. The van der Waals surface area contributed by atoms with Gasteiger partial charge in [0.05, 0.1) is 6.04 Å². The molecule has 0 radical (unpaired) electrons. The third-order valence-electron chi connectivity index (χ3n) is 10.5. The summed E-state index contributed by atoms with van der Waals surface area (Å²) in [6.45, 7) is 1.59. The minimum atomic E-state index is -1.21. The van der Waals surface area contributed by atoms with Gasteiger partial charge in [-0.05, 0) is 19.3 Å². The van der Waals surface area contributed by atoms with Crippen LogP contribution in [-0.2, 0) is 25.6 Å². The first-order valence-corrected chi connectivity index (χ1v) is 16.1. The van der Waals surface area contributed by atoms with E-state index in [1.807, 2.05) is 35.3 Å². The molecule has 4 fully saturated rings. The predicted octanol–water partition coefficient (Wildman–Crippen LogP) is 2.39. The summed E-state index contributed by atoms with van der Waals surface area (Å²) in [6.07, 6.45) is 13.2. The Morgan fingerprint density at radius 1 is 0.977 bits per heavy atom. The van der Waals surface area contributed by atoms with Gasteiger partial charge in [-0.2, -0.15) is 0 Å². The second-order valence-corrected chi connectivity index (χ2v) is 13.1. The van der Waals surface area contributed by atoms with E-state index < -0.39 is 23.5 Å². The molecule has 6 aliphatic rings. The van der Waals surface area contributed by atoms with Gasteiger partial charge in [-0.1, -0.05) is 12.2 Å². The third kappa shape index (κ3) is 4.57. The molecule has 6 heterocycles. The Morgan fingerprint density at radius 2 is 1.82 bits per heavy atom. The van der Waals surface area contributed by atoms with Crippen LogP contribution in [0.4, 0.5) is 0 Å². The van der Waals surface area contributed by atoms with E-state index in [-0.39, 0.29) is 47.9 Å². The average Bonchev–Trinajstić information content (AvgIpc) is 3.82. The van der Waals surface area contributed by atoms with Crippen molar-refractivity contribution in [1.82, 2.24) is 19.6 Å². The molecule has 228 valence electrons. The monoisotopic (exact) mass is 614 g/mol. The van der Waals surface area contributed by atoms with Crippen LogP contribution >= 0.6 is 11.6 Å². The SMILES string of the molecule is B=N/N=C(/Cc1ccccc1Cl)C(=O)N1CCC[C@]12C=C[C@@H]1CC[C@@H](C(=O)N3CC[C@@H]4C=C[C@H]5CCCN5C(=O)[C@H]43)N1C2=O. The molecule has 1 aromatic rings. The number of benzene rings is 1. The molecule has 0 aromatic heterocycles. The van der Waals surface area contributed by atoms with E-state index in [1.54, 1.807) is 20.8 Å². The minimum absolute atomic E-state index is 0.00483. The van der Waals surface area contributed by atoms with Gasteiger partial charge in [0.25, 0.3) is 0 Å². The third-order valence-corrected chi connectivity index (χ3v) is 10.8. The number of fused-ring (bicyclic) bond motifs is 3. The Bertz CT molecular complexity index is 1510. The van der Waals surface area contributed by atoms with Crippen LogP contribution in [0.3, 0.4) is 0 Å². The van der Waals surface area contributed by atoms with E-state index >= 15 is 0 Å². The number of halogens is 1. The maximum atomic E-state index is 14.5. The number of nitrogens with zero attached hydrogens (tertiary/aromatic N) is 6. The maximum absolute atomic E-state index is 14.5. The molecule has 12 heteroatoms. The molecule has 4 amide bonds. The van der Waals surface area contributed by atoms with Gasteiger partial charge >= 0.3 is 198 Å². The van der Waals surface area contributed by atoms with E-state index in [9.17, 15) is 19.2 Å². The van der Waals surface area contributed by atoms with Crippen LogP contribution in [0.2, 0.25) is 5.02 Å². The molecule has 0 saturated carbocycles. The van der Waals surface area contributed by atoms with Gasteiger partial charge in [-0.3, -0.25) is 4.79 Å². The molecule has 6 atom stereocenters. The van der Waals surface area contributed by atoms with Crippen molar-refractivity contribution in [2.24, 2.45) is 16.0 Å². The van der Waals surface area contributed by atoms with Crippen LogP contribution < -0.4 is 0 Å². The molecule has 1 aromatic carbocycles. The molecule has 0 unspecified atom stereocenters. The fraction of sp³-hybridized carbons (Fsp3) is 0.531. The average molecular weight is 615 g/mol. The zero-order valence-corrected chi connectivity index (χ0v) is 25.4. The summed E-state index contributed by atoms with van der Waals surface area (Å²) in [7, 11) is 3.46. The van der Waals surface area contributed by atoms with Crippen LogP contribution in [-0.4, -0.2) is 106 Å². The fourth-order valence-electron chi connectivity index (χ4n) is 8.34. The van der Waals surface area contributed by atoms with Crippen LogP contribution in [0.5, 0.6) is 0 Å². The van der Waals surface area contributed by atoms with Gasteiger partial charge < -0.3 is 4.90 Å². The molecule has 1 spiro atoms. The molecule has 0 aliphatic carbocycles. The van der Waals surface area contributed by atoms with Crippen molar-refractivity contribution in [2.75, 3.05) is 19.6 Å². The molecule has 44 heavy (non-hydrogen) atoms. The van der Waals surface area contributed by atoms with E-state index in [4.69, 9.17) is 11.6 Å². The Balaban J connectivity index is 1.14. The molecule has 7 rings (SSSR count). The van der Waals surface area contributed by atoms with Gasteiger partial charge in [0.1, 0.15) is 0 Å². The molecular formula is C32H36BClN6O4. The molecule has 6 aliphatic heterocycles. The van der Waals surface area contributed by atoms with Crippen molar-refractivity contribution in [3.63, 3.8) is 0 Å². The molecule has 4 saturated heterocycles. The first-order chi connectivity index (χ1) is 21.3. The first-order valence-electron chi connectivity index (χ1n) is 15.7. The van der Waals surface area contributed by atoms with Gasteiger partial charge in [-0.15, -0.1) is 0 Å². The zero-order chi connectivity index (χ0) is 30.6. The first kappa shape index (κ1) is 29.1. The molecular weight excluding hydrogens is 579 g/mol. The number of carbonyl (C=O) groups is 4. The number of likely N-dealkylation sites (tertiary alicyclic amines) is 2. The molecule has 0 N–H and O–H groups in total. The topological polar surface area (TPSA) is 106 Å². The van der Waals surface area contributed by atoms with Gasteiger partial charge in [0.2, 0.25) is 5.91 Å². The van der Waals surface area contributed by atoms with Crippen LogP contribution in [0, 0.1) is 5.92 Å². The summed E-state index contributed by atoms with van der Waals surface area (Å²) < 4.78 is 0. The summed E-state index contributed by atoms with van der Waals surface area (Å²) >= 11 is 6.38. The predicted molar refractivity (Wildman–Crippen MR) is 166 cm³/mol. The Labute approximate surface area is 262 Å². The summed E-state index contributed by atoms with van der Waals surface area (Å²) in [5, 5.41) is 8.24. The van der Waals surface area contributed by atoms with Crippen molar-refractivity contribution in [1.29, 1.82) is 0 Å². The molecule has 0 bridgehead atoms. The van der Waals surface area contributed by atoms with Crippen molar-refractivity contribution in [3.8, 4) is 0 Å². The standard InChI is InChI=1S/C32H36BClN6O4/c33-36-35-25(19-21-5-1-2-7-24(21)34)28(41)39-17-4-14-32(39)15-12-23-10-11-26(40(23)31(32)44)29(42)38-18-13-20-8-9-22-6-3-16-37(22)30(43)27(20)38/h1-2,5,7-9,12,15,20,22-23,26-27,33H,3-4,6,10-11,13-14,16-19H2/b35-25-/t20-,22+,23-,26-,27-,32+/m0/s1. The van der Waals surface area contributed by atoms with Gasteiger partial charge in [0, 0.05) is 12.5 Å². The fourth-order valence-corrected chi connectivity index (χ4v) is 8.55. The summed E-state index contributed by atoms with van der Waals surface area (Å²) in [4.78, 5) is 63.5. The van der Waals surface area contributed by atoms with E-state index in [0.29, 0.717) is 43.8 Å². The number of hydrogen-bond donors (Lipinski definition) is 0. The van der Waals surface area contributed by atoms with Crippen molar-refractivity contribution < 1.29 is 19.2 Å². The normalized spacial score (nSPS) is 32.7. The zero-order valence-electron chi connectivity index (χ0n) is 24.7. The Kier molecular flexibility index (Phi) is 7.55. The quantitative estimate of drug-likeness (QED) is 0.220. The van der Waals surface area contributed by atoms with E-state index in [1.165, 1.54) is 0 Å². The summed E-state index contributed by atoms with van der Waals surface area (Å²) in [5.74, 6) is -0.775. The van der Waals surface area contributed by atoms with Gasteiger partial charge in [-0.25, -0.2) is 0 Å². The van der Waals surface area contributed by atoms with E-state index in [2.05, 4.69) is 29.9 Å². The number of amides is 4. The summed E-state index contributed by atoms with van der Waals surface area (Å²) in [5.41, 5.74) is -0.341.